The molecule has 0 radical (unpaired) electrons. The molecule has 6 aromatic carbocycles. The van der Waals surface area contributed by atoms with E-state index in [9.17, 15) is 0 Å². The molecule has 0 atom stereocenters. The van der Waals surface area contributed by atoms with Crippen molar-refractivity contribution >= 4 is 92.4 Å². The summed E-state index contributed by atoms with van der Waals surface area (Å²) in [6.07, 6.45) is 0.849. The number of ether oxygens (including phenoxy) is 1. The van der Waals surface area contributed by atoms with Gasteiger partial charge in [0.1, 0.15) is 11.5 Å². The molecule has 0 amide bonds. The summed E-state index contributed by atoms with van der Waals surface area (Å²) in [5, 5.41) is 3.88. The van der Waals surface area contributed by atoms with Crippen molar-refractivity contribution in [3.05, 3.63) is 143 Å². The standard InChI is InChI=1S/C46H38BNOS2/c1-26-11-16-31(17-12-26)48(32-18-13-27(2)14-19-32)42-35-23-29-21-28(3)22-38-41(29)47(37(35)25-34-33-9-7-8-10-39(33)50-44(34)42)45-43(49-38)36-24-30(46(4,5)6)15-20-40(36)51-45/h7-22,24-25H,23H2,1-6H3. The number of rotatable bonds is 3. The Kier molecular flexibility index (Phi) is 6.72. The average molecular weight is 696 g/mol. The van der Waals surface area contributed by atoms with E-state index in [-0.39, 0.29) is 12.1 Å². The molecule has 0 fully saturated rings. The molecular formula is C46H38BNOS2. The van der Waals surface area contributed by atoms with Crippen LogP contribution >= 0.6 is 22.7 Å². The fraction of sp³-hybridized carbons (Fsp3) is 0.174. The van der Waals surface area contributed by atoms with Crippen molar-refractivity contribution in [2.45, 2.75) is 53.4 Å². The lowest BCUT2D eigenvalue weighted by Crippen LogP contribution is -2.58. The van der Waals surface area contributed by atoms with Gasteiger partial charge in [-0.15, -0.1) is 22.7 Å². The van der Waals surface area contributed by atoms with Gasteiger partial charge in [-0.3, -0.25) is 0 Å². The van der Waals surface area contributed by atoms with E-state index in [1.54, 1.807) is 0 Å². The van der Waals surface area contributed by atoms with Crippen molar-refractivity contribution < 1.29 is 4.74 Å². The molecule has 2 aliphatic rings. The zero-order valence-corrected chi connectivity index (χ0v) is 31.5. The third-order valence-electron chi connectivity index (χ3n) is 10.9. The van der Waals surface area contributed by atoms with Crippen molar-refractivity contribution in [3.63, 3.8) is 0 Å². The molecule has 51 heavy (non-hydrogen) atoms. The predicted octanol–water partition coefficient (Wildman–Crippen LogP) is 11.5. The zero-order chi connectivity index (χ0) is 34.8. The Bertz CT molecular complexity index is 2670. The largest absolute Gasteiger partial charge is 0.457 e. The van der Waals surface area contributed by atoms with Crippen LogP contribution < -0.4 is 25.3 Å². The van der Waals surface area contributed by atoms with Crippen molar-refractivity contribution in [3.8, 4) is 11.5 Å². The first-order chi connectivity index (χ1) is 24.6. The summed E-state index contributed by atoms with van der Waals surface area (Å²) in [6.45, 7) is 13.5. The SMILES string of the molecule is Cc1ccc(N(c2ccc(C)cc2)c2c3c(cc4c2sc2ccccc24)B2c4sc5ccc(C(C)(C)C)cc5c4Oc4cc(C)cc(c42)C3)cc1. The fourth-order valence-electron chi connectivity index (χ4n) is 8.36. The number of thiophene rings is 2. The van der Waals surface area contributed by atoms with Gasteiger partial charge in [0.2, 0.25) is 0 Å². The summed E-state index contributed by atoms with van der Waals surface area (Å²) in [6, 6.07) is 41.3. The van der Waals surface area contributed by atoms with Gasteiger partial charge in [-0.25, -0.2) is 0 Å². The molecular weight excluding hydrogens is 657 g/mol. The molecule has 4 heterocycles. The normalized spacial score (nSPS) is 13.3. The first kappa shape index (κ1) is 30.9. The Morgan fingerprint density at radius 3 is 2.06 bits per heavy atom. The topological polar surface area (TPSA) is 12.5 Å². The Balaban J connectivity index is 1.33. The van der Waals surface area contributed by atoms with E-state index >= 15 is 0 Å². The second kappa shape index (κ2) is 11.1. The molecule has 2 aromatic heterocycles. The predicted molar refractivity (Wildman–Crippen MR) is 223 cm³/mol. The summed E-state index contributed by atoms with van der Waals surface area (Å²) in [5.41, 5.74) is 14.3. The second-order valence-corrected chi connectivity index (χ2v) is 17.7. The van der Waals surface area contributed by atoms with E-state index in [0.29, 0.717) is 0 Å². The molecule has 10 rings (SSSR count). The van der Waals surface area contributed by atoms with Crippen LogP contribution in [0.1, 0.15) is 54.2 Å². The monoisotopic (exact) mass is 695 g/mol. The number of aryl methyl sites for hydroxylation is 3. The van der Waals surface area contributed by atoms with E-state index in [0.717, 1.165) is 17.9 Å². The van der Waals surface area contributed by atoms with Crippen LogP contribution in [0, 0.1) is 20.8 Å². The highest BCUT2D eigenvalue weighted by molar-refractivity contribution is 7.33. The maximum Gasteiger partial charge on any atom is 0.264 e. The molecule has 0 bridgehead atoms. The first-order valence-corrected chi connectivity index (χ1v) is 19.5. The number of fused-ring (bicyclic) bond motifs is 9. The van der Waals surface area contributed by atoms with Crippen molar-refractivity contribution in [2.24, 2.45) is 0 Å². The summed E-state index contributed by atoms with van der Waals surface area (Å²) < 4.78 is 12.3. The quantitative estimate of drug-likeness (QED) is 0.171. The molecule has 0 unspecified atom stereocenters. The highest BCUT2D eigenvalue weighted by Gasteiger charge is 2.43. The third-order valence-corrected chi connectivity index (χ3v) is 13.3. The van der Waals surface area contributed by atoms with Crippen LogP contribution in [0.25, 0.3) is 30.3 Å². The van der Waals surface area contributed by atoms with Crippen LogP contribution in [0.5, 0.6) is 11.5 Å². The molecule has 0 saturated carbocycles. The minimum Gasteiger partial charge on any atom is -0.457 e. The van der Waals surface area contributed by atoms with Gasteiger partial charge in [0, 0.05) is 41.7 Å². The molecule has 2 nitrogen and oxygen atoms in total. The number of anilines is 3. The van der Waals surface area contributed by atoms with Crippen LogP contribution in [0.3, 0.4) is 0 Å². The van der Waals surface area contributed by atoms with Gasteiger partial charge in [-0.05, 0) is 109 Å². The van der Waals surface area contributed by atoms with Gasteiger partial charge in [0.25, 0.3) is 6.71 Å². The van der Waals surface area contributed by atoms with Crippen LogP contribution in [-0.2, 0) is 11.8 Å². The number of nitrogens with zero attached hydrogens (tertiary/aromatic N) is 1. The summed E-state index contributed by atoms with van der Waals surface area (Å²) >= 11 is 3.84. The van der Waals surface area contributed by atoms with Crippen molar-refractivity contribution in [2.75, 3.05) is 4.90 Å². The lowest BCUT2D eigenvalue weighted by molar-refractivity contribution is 0.493. The third kappa shape index (κ3) is 4.75. The fourth-order valence-corrected chi connectivity index (χ4v) is 10.8. The van der Waals surface area contributed by atoms with Crippen LogP contribution in [0.2, 0.25) is 0 Å². The van der Waals surface area contributed by atoms with Gasteiger partial charge in [-0.1, -0.05) is 98.0 Å². The molecule has 0 N–H and O–H groups in total. The highest BCUT2D eigenvalue weighted by Crippen LogP contribution is 2.49. The minimum absolute atomic E-state index is 0.0483. The maximum atomic E-state index is 7.02. The van der Waals surface area contributed by atoms with Crippen molar-refractivity contribution in [1.29, 1.82) is 0 Å². The number of hydrogen-bond acceptors (Lipinski definition) is 4. The molecule has 0 spiro atoms. The summed E-state index contributed by atoms with van der Waals surface area (Å²) in [5.74, 6) is 2.05. The van der Waals surface area contributed by atoms with Gasteiger partial charge in [0.15, 0.2) is 0 Å². The van der Waals surface area contributed by atoms with Gasteiger partial charge in [-0.2, -0.15) is 0 Å². The smallest absolute Gasteiger partial charge is 0.264 e. The first-order valence-electron chi connectivity index (χ1n) is 17.9. The lowest BCUT2D eigenvalue weighted by atomic mass is 9.35. The van der Waals surface area contributed by atoms with E-state index in [4.69, 9.17) is 4.74 Å². The molecule has 0 saturated heterocycles. The summed E-state index contributed by atoms with van der Waals surface area (Å²) in [7, 11) is 0. The minimum atomic E-state index is 0.0483. The molecule has 2 aliphatic heterocycles. The Hall–Kier alpha value is -4.84. The van der Waals surface area contributed by atoms with E-state index in [1.165, 1.54) is 96.4 Å². The van der Waals surface area contributed by atoms with E-state index in [1.807, 2.05) is 22.7 Å². The highest BCUT2D eigenvalue weighted by atomic mass is 32.1. The number of benzene rings is 6. The Morgan fingerprint density at radius 1 is 0.667 bits per heavy atom. The maximum absolute atomic E-state index is 7.02. The van der Waals surface area contributed by atoms with E-state index in [2.05, 4.69) is 156 Å². The van der Waals surface area contributed by atoms with Crippen LogP contribution in [-0.4, -0.2) is 6.71 Å². The van der Waals surface area contributed by atoms with Gasteiger partial charge in [0.05, 0.1) is 10.4 Å². The molecule has 5 heteroatoms. The molecule has 0 aliphatic carbocycles. The summed E-state index contributed by atoms with van der Waals surface area (Å²) in [4.78, 5) is 2.54. The van der Waals surface area contributed by atoms with Crippen molar-refractivity contribution in [1.82, 2.24) is 0 Å². The zero-order valence-electron chi connectivity index (χ0n) is 29.8. The molecule has 8 aromatic rings. The Labute approximate surface area is 308 Å². The number of hydrogen-bond donors (Lipinski definition) is 0. The lowest BCUT2D eigenvalue weighted by Gasteiger charge is -2.36. The Morgan fingerprint density at radius 2 is 1.35 bits per heavy atom. The van der Waals surface area contributed by atoms with E-state index < -0.39 is 0 Å². The van der Waals surface area contributed by atoms with Gasteiger partial charge >= 0.3 is 0 Å². The van der Waals surface area contributed by atoms with Gasteiger partial charge < -0.3 is 9.64 Å². The second-order valence-electron chi connectivity index (χ2n) is 15.6. The van der Waals surface area contributed by atoms with Crippen LogP contribution in [0.15, 0.2) is 109 Å². The average Bonchev–Trinajstić information content (AvgIpc) is 3.67. The molecule has 248 valence electrons. The van der Waals surface area contributed by atoms with Crippen LogP contribution in [0.4, 0.5) is 17.1 Å².